The van der Waals surface area contributed by atoms with Crippen molar-refractivity contribution < 1.29 is 13.2 Å². The van der Waals surface area contributed by atoms with Crippen molar-refractivity contribution in [1.29, 1.82) is 0 Å². The fraction of sp³-hybridized carbons (Fsp3) is 1.00. The molecule has 0 radical (unpaired) electrons. The van der Waals surface area contributed by atoms with E-state index in [9.17, 15) is 13.2 Å². The fourth-order valence-corrected chi connectivity index (χ4v) is 4.21. The van der Waals surface area contributed by atoms with Gasteiger partial charge in [0.1, 0.15) is 6.04 Å². The third kappa shape index (κ3) is 4.59. The van der Waals surface area contributed by atoms with Gasteiger partial charge >= 0.3 is 6.18 Å². The van der Waals surface area contributed by atoms with Crippen LogP contribution in [0.15, 0.2) is 0 Å². The Morgan fingerprint density at radius 1 is 0.857 bits per heavy atom. The van der Waals surface area contributed by atoms with Gasteiger partial charge in [0.15, 0.2) is 0 Å². The first-order valence-corrected chi connectivity index (χ1v) is 8.58. The lowest BCUT2D eigenvalue weighted by molar-refractivity contribution is -0.201. The molecule has 0 aliphatic heterocycles. The van der Waals surface area contributed by atoms with Crippen molar-refractivity contribution in [1.82, 2.24) is 4.90 Å². The smallest absolute Gasteiger partial charge is 0.330 e. The van der Waals surface area contributed by atoms with Gasteiger partial charge in [0.25, 0.3) is 0 Å². The molecule has 5 heteroatoms. The van der Waals surface area contributed by atoms with E-state index in [2.05, 4.69) is 0 Å². The topological polar surface area (TPSA) is 29.3 Å². The Kier molecular flexibility index (Phi) is 6.35. The van der Waals surface area contributed by atoms with Crippen LogP contribution in [0.4, 0.5) is 13.2 Å². The minimum Gasteiger partial charge on any atom is -0.330 e. The number of hydrogen-bond acceptors (Lipinski definition) is 2. The molecule has 0 saturated heterocycles. The average molecular weight is 306 g/mol. The molecule has 2 nitrogen and oxygen atoms in total. The third-order valence-corrected chi connectivity index (χ3v) is 5.17. The zero-order valence-corrected chi connectivity index (χ0v) is 12.9. The fourth-order valence-electron chi connectivity index (χ4n) is 4.21. The Morgan fingerprint density at radius 2 is 1.29 bits per heavy atom. The number of hydrogen-bond donors (Lipinski definition) is 1. The molecular formula is C16H29F3N2. The number of nitrogens with zero attached hydrogens (tertiary/aromatic N) is 1. The summed E-state index contributed by atoms with van der Waals surface area (Å²) < 4.78 is 40.7. The van der Waals surface area contributed by atoms with Crippen molar-refractivity contribution >= 4 is 0 Å². The van der Waals surface area contributed by atoms with Gasteiger partial charge in [-0.15, -0.1) is 0 Å². The van der Waals surface area contributed by atoms with Crippen LogP contribution < -0.4 is 5.73 Å². The molecule has 0 spiro atoms. The van der Waals surface area contributed by atoms with Gasteiger partial charge in [0.2, 0.25) is 0 Å². The minimum atomic E-state index is -4.16. The Morgan fingerprint density at radius 3 is 1.62 bits per heavy atom. The molecule has 2 fully saturated rings. The maximum Gasteiger partial charge on any atom is 0.404 e. The van der Waals surface area contributed by atoms with E-state index in [1.807, 2.05) is 4.90 Å². The molecule has 2 saturated carbocycles. The molecule has 0 bridgehead atoms. The van der Waals surface area contributed by atoms with Gasteiger partial charge in [0, 0.05) is 12.1 Å². The van der Waals surface area contributed by atoms with Gasteiger partial charge in [-0.3, -0.25) is 4.90 Å². The summed E-state index contributed by atoms with van der Waals surface area (Å²) in [5.41, 5.74) is 5.50. The predicted octanol–water partition coefficient (Wildman–Crippen LogP) is 4.23. The number of alkyl halides is 3. The summed E-state index contributed by atoms with van der Waals surface area (Å²) in [4.78, 5) is 1.85. The maximum atomic E-state index is 13.6. The summed E-state index contributed by atoms with van der Waals surface area (Å²) in [5, 5.41) is 0. The highest BCUT2D eigenvalue weighted by Crippen LogP contribution is 2.37. The SMILES string of the molecule is NCCC(N(C1CCCCC1)C1CCCCC1)C(F)(F)F. The van der Waals surface area contributed by atoms with Crippen LogP contribution >= 0.6 is 0 Å². The summed E-state index contributed by atoms with van der Waals surface area (Å²) in [7, 11) is 0. The van der Waals surface area contributed by atoms with Crippen molar-refractivity contribution in [3.05, 3.63) is 0 Å². The standard InChI is InChI=1S/C16H29F3N2/c17-16(18,19)15(11-12-20)21(13-7-3-1-4-8-13)14-9-5-2-6-10-14/h13-15H,1-12,20H2. The highest BCUT2D eigenvalue weighted by atomic mass is 19.4. The van der Waals surface area contributed by atoms with E-state index in [4.69, 9.17) is 5.73 Å². The van der Waals surface area contributed by atoms with E-state index < -0.39 is 12.2 Å². The van der Waals surface area contributed by atoms with Gasteiger partial charge in [0.05, 0.1) is 0 Å². The van der Waals surface area contributed by atoms with E-state index in [0.717, 1.165) is 51.4 Å². The van der Waals surface area contributed by atoms with Crippen LogP contribution in [-0.2, 0) is 0 Å². The van der Waals surface area contributed by atoms with Crippen LogP contribution in [0.1, 0.15) is 70.6 Å². The molecule has 0 aromatic rings. The lowest BCUT2D eigenvalue weighted by atomic mass is 9.86. The normalized spacial score (nSPS) is 24.4. The maximum absolute atomic E-state index is 13.6. The first-order chi connectivity index (χ1) is 10.0. The molecule has 1 unspecified atom stereocenters. The van der Waals surface area contributed by atoms with Crippen LogP contribution in [0.2, 0.25) is 0 Å². The molecule has 2 aliphatic rings. The Balaban J connectivity index is 2.18. The molecule has 124 valence electrons. The molecule has 0 heterocycles. The van der Waals surface area contributed by atoms with Crippen molar-refractivity contribution in [3.8, 4) is 0 Å². The van der Waals surface area contributed by atoms with Gasteiger partial charge in [-0.05, 0) is 38.6 Å². The summed E-state index contributed by atoms with van der Waals surface area (Å²) in [6.07, 6.45) is 6.20. The summed E-state index contributed by atoms with van der Waals surface area (Å²) in [6, 6.07) is -1.12. The van der Waals surface area contributed by atoms with Gasteiger partial charge in [-0.25, -0.2) is 0 Å². The molecule has 0 amide bonds. The van der Waals surface area contributed by atoms with Crippen molar-refractivity contribution in [2.75, 3.05) is 6.54 Å². The lowest BCUT2D eigenvalue weighted by Gasteiger charge is -2.46. The van der Waals surface area contributed by atoms with E-state index in [1.54, 1.807) is 0 Å². The zero-order chi connectivity index (χ0) is 15.3. The summed E-state index contributed by atoms with van der Waals surface area (Å²) in [6.45, 7) is 0.111. The van der Waals surface area contributed by atoms with Crippen LogP contribution in [-0.4, -0.2) is 35.7 Å². The highest BCUT2D eigenvalue weighted by Gasteiger charge is 2.47. The molecule has 0 aromatic heterocycles. The second kappa shape index (κ2) is 7.82. The van der Waals surface area contributed by atoms with Crippen molar-refractivity contribution in [3.63, 3.8) is 0 Å². The molecule has 2 rings (SSSR count). The summed E-state index contributed by atoms with van der Waals surface area (Å²) in [5.74, 6) is 0. The quantitative estimate of drug-likeness (QED) is 0.823. The van der Waals surface area contributed by atoms with Crippen molar-refractivity contribution in [2.24, 2.45) is 5.73 Å². The minimum absolute atomic E-state index is 0.0382. The average Bonchev–Trinajstić information content (AvgIpc) is 2.48. The first-order valence-electron chi connectivity index (χ1n) is 8.58. The summed E-state index contributed by atoms with van der Waals surface area (Å²) >= 11 is 0. The third-order valence-electron chi connectivity index (χ3n) is 5.17. The van der Waals surface area contributed by atoms with E-state index in [1.165, 1.54) is 12.8 Å². The molecule has 2 aliphatic carbocycles. The van der Waals surface area contributed by atoms with Crippen molar-refractivity contribution in [2.45, 2.75) is 94.9 Å². The van der Waals surface area contributed by atoms with E-state index >= 15 is 0 Å². The molecule has 1 atom stereocenters. The predicted molar refractivity (Wildman–Crippen MR) is 79.1 cm³/mol. The molecule has 2 N–H and O–H groups in total. The molecule has 0 aromatic carbocycles. The van der Waals surface area contributed by atoms with E-state index in [-0.39, 0.29) is 25.0 Å². The number of rotatable bonds is 5. The highest BCUT2D eigenvalue weighted by molar-refractivity contribution is 4.91. The first kappa shape index (κ1) is 17.1. The van der Waals surface area contributed by atoms with Gasteiger partial charge in [-0.2, -0.15) is 13.2 Å². The second-order valence-corrected chi connectivity index (χ2v) is 6.67. The van der Waals surface area contributed by atoms with Crippen LogP contribution in [0.3, 0.4) is 0 Å². The van der Waals surface area contributed by atoms with E-state index in [0.29, 0.717) is 0 Å². The Hall–Kier alpha value is -0.290. The number of nitrogens with two attached hydrogens (primary N) is 1. The van der Waals surface area contributed by atoms with Gasteiger partial charge < -0.3 is 5.73 Å². The van der Waals surface area contributed by atoms with Crippen LogP contribution in [0, 0.1) is 0 Å². The second-order valence-electron chi connectivity index (χ2n) is 6.67. The van der Waals surface area contributed by atoms with Crippen LogP contribution in [0.25, 0.3) is 0 Å². The monoisotopic (exact) mass is 306 g/mol. The molecule has 21 heavy (non-hydrogen) atoms. The number of halogens is 3. The zero-order valence-electron chi connectivity index (χ0n) is 12.9. The molecular weight excluding hydrogens is 277 g/mol. The van der Waals surface area contributed by atoms with Crippen LogP contribution in [0.5, 0.6) is 0 Å². The lowest BCUT2D eigenvalue weighted by Crippen LogP contribution is -2.56. The van der Waals surface area contributed by atoms with Gasteiger partial charge in [-0.1, -0.05) is 38.5 Å². The Labute approximate surface area is 126 Å². The largest absolute Gasteiger partial charge is 0.404 e. The Bertz CT molecular complexity index is 276.